The van der Waals surface area contributed by atoms with Gasteiger partial charge in [-0.2, -0.15) is 10.4 Å². The van der Waals surface area contributed by atoms with E-state index in [4.69, 9.17) is 16.9 Å². The Kier molecular flexibility index (Phi) is 3.08. The molecular formula is C11H7ClN4O. The summed E-state index contributed by atoms with van der Waals surface area (Å²) in [5.41, 5.74) is 1.32. The highest BCUT2D eigenvalue weighted by Crippen LogP contribution is 2.20. The van der Waals surface area contributed by atoms with E-state index < -0.39 is 0 Å². The van der Waals surface area contributed by atoms with Crippen LogP contribution in [0.5, 0.6) is 0 Å². The number of rotatable bonds is 2. The number of nitriles is 1. The Morgan fingerprint density at radius 1 is 1.53 bits per heavy atom. The second-order valence-corrected chi connectivity index (χ2v) is 3.65. The lowest BCUT2D eigenvalue weighted by molar-refractivity contribution is 0.102. The third-order valence-corrected chi connectivity index (χ3v) is 2.42. The molecule has 0 unspecified atom stereocenters. The van der Waals surface area contributed by atoms with E-state index in [1.54, 1.807) is 12.1 Å². The number of halogens is 1. The Bertz CT molecular complexity index is 586. The summed E-state index contributed by atoms with van der Waals surface area (Å²) in [6, 6.07) is 6.63. The Morgan fingerprint density at radius 3 is 2.94 bits per heavy atom. The summed E-state index contributed by atoms with van der Waals surface area (Å²) in [4.78, 5) is 11.7. The molecule has 84 valence electrons. The summed E-state index contributed by atoms with van der Waals surface area (Å²) in [6.45, 7) is 0. The van der Waals surface area contributed by atoms with Gasteiger partial charge in [-0.1, -0.05) is 11.6 Å². The summed E-state index contributed by atoms with van der Waals surface area (Å²) in [5, 5.41) is 17.9. The average molecular weight is 247 g/mol. The number of nitrogens with one attached hydrogen (secondary N) is 2. The van der Waals surface area contributed by atoms with Crippen LogP contribution in [0.4, 0.5) is 5.69 Å². The van der Waals surface area contributed by atoms with E-state index in [1.165, 1.54) is 18.5 Å². The van der Waals surface area contributed by atoms with Crippen LogP contribution in [0, 0.1) is 11.3 Å². The van der Waals surface area contributed by atoms with Gasteiger partial charge in [0.05, 0.1) is 22.3 Å². The molecule has 1 amide bonds. The molecule has 6 heteroatoms. The summed E-state index contributed by atoms with van der Waals surface area (Å²) in [5.74, 6) is -0.292. The molecule has 0 fully saturated rings. The Balaban J connectivity index is 2.18. The van der Waals surface area contributed by atoms with Crippen molar-refractivity contribution in [1.29, 1.82) is 5.26 Å². The fourth-order valence-electron chi connectivity index (χ4n) is 1.26. The Labute approximate surface area is 102 Å². The van der Waals surface area contributed by atoms with Gasteiger partial charge in [0.1, 0.15) is 6.07 Å². The number of carbonyl (C=O) groups excluding carboxylic acids is 1. The molecule has 1 aromatic heterocycles. The maximum atomic E-state index is 11.7. The molecule has 0 bridgehead atoms. The minimum Gasteiger partial charge on any atom is -0.322 e. The van der Waals surface area contributed by atoms with Gasteiger partial charge >= 0.3 is 0 Å². The number of benzene rings is 1. The largest absolute Gasteiger partial charge is 0.322 e. The normalized spacial score (nSPS) is 9.65. The van der Waals surface area contributed by atoms with Crippen LogP contribution in [-0.4, -0.2) is 16.1 Å². The van der Waals surface area contributed by atoms with Gasteiger partial charge in [-0.25, -0.2) is 0 Å². The van der Waals surface area contributed by atoms with Crippen LogP contribution in [0.1, 0.15) is 15.9 Å². The molecule has 0 radical (unpaired) electrons. The maximum Gasteiger partial charge on any atom is 0.258 e. The molecule has 0 aliphatic rings. The van der Waals surface area contributed by atoms with Gasteiger partial charge < -0.3 is 5.32 Å². The summed E-state index contributed by atoms with van der Waals surface area (Å²) in [6.07, 6.45) is 2.90. The lowest BCUT2D eigenvalue weighted by Crippen LogP contribution is -2.10. The molecule has 0 aliphatic carbocycles. The SMILES string of the molecule is N#Cc1ccc(NC(=O)c2cn[nH]c2)cc1Cl. The van der Waals surface area contributed by atoms with Gasteiger partial charge in [0.15, 0.2) is 0 Å². The van der Waals surface area contributed by atoms with E-state index in [0.717, 1.165) is 0 Å². The second-order valence-electron chi connectivity index (χ2n) is 3.25. The number of H-pyrrole nitrogens is 1. The molecule has 2 N–H and O–H groups in total. The molecule has 0 atom stereocenters. The Hall–Kier alpha value is -2.32. The number of aromatic nitrogens is 2. The van der Waals surface area contributed by atoms with E-state index in [-0.39, 0.29) is 5.91 Å². The van der Waals surface area contributed by atoms with Crippen LogP contribution >= 0.6 is 11.6 Å². The topological polar surface area (TPSA) is 81.6 Å². The number of anilines is 1. The first kappa shape index (κ1) is 11.2. The molecule has 2 rings (SSSR count). The van der Waals surface area contributed by atoms with Crippen LogP contribution in [-0.2, 0) is 0 Å². The van der Waals surface area contributed by atoms with Crippen LogP contribution in [0.25, 0.3) is 0 Å². The fourth-order valence-corrected chi connectivity index (χ4v) is 1.48. The van der Waals surface area contributed by atoms with E-state index in [1.807, 2.05) is 6.07 Å². The molecule has 1 aromatic carbocycles. The van der Waals surface area contributed by atoms with Gasteiger partial charge in [-0.15, -0.1) is 0 Å². The average Bonchev–Trinajstić information content (AvgIpc) is 2.82. The zero-order valence-electron chi connectivity index (χ0n) is 8.57. The lowest BCUT2D eigenvalue weighted by atomic mass is 10.2. The number of carbonyl (C=O) groups is 1. The van der Waals surface area contributed by atoms with Gasteiger partial charge in [0, 0.05) is 11.9 Å². The quantitative estimate of drug-likeness (QED) is 0.852. The molecule has 0 saturated carbocycles. The van der Waals surface area contributed by atoms with Crippen molar-refractivity contribution in [1.82, 2.24) is 10.2 Å². The number of aromatic amines is 1. The maximum absolute atomic E-state index is 11.7. The first-order chi connectivity index (χ1) is 8.20. The molecule has 2 aromatic rings. The molecular weight excluding hydrogens is 240 g/mol. The van der Waals surface area contributed by atoms with Crippen molar-refractivity contribution in [2.45, 2.75) is 0 Å². The number of amides is 1. The van der Waals surface area contributed by atoms with Gasteiger partial charge in [0.2, 0.25) is 0 Å². The van der Waals surface area contributed by atoms with Crippen molar-refractivity contribution >= 4 is 23.2 Å². The van der Waals surface area contributed by atoms with Gasteiger partial charge in [0.25, 0.3) is 5.91 Å². The predicted octanol–water partition coefficient (Wildman–Crippen LogP) is 2.19. The van der Waals surface area contributed by atoms with Crippen molar-refractivity contribution in [2.24, 2.45) is 0 Å². The highest BCUT2D eigenvalue weighted by molar-refractivity contribution is 6.32. The lowest BCUT2D eigenvalue weighted by Gasteiger charge is -2.04. The van der Waals surface area contributed by atoms with Crippen molar-refractivity contribution in [3.8, 4) is 6.07 Å². The summed E-state index contributed by atoms with van der Waals surface area (Å²) in [7, 11) is 0. The molecule has 1 heterocycles. The summed E-state index contributed by atoms with van der Waals surface area (Å²) < 4.78 is 0. The minimum absolute atomic E-state index is 0.292. The van der Waals surface area contributed by atoms with E-state index in [9.17, 15) is 4.79 Å². The van der Waals surface area contributed by atoms with E-state index in [0.29, 0.717) is 21.8 Å². The first-order valence-corrected chi connectivity index (χ1v) is 5.08. The Morgan fingerprint density at radius 2 is 2.35 bits per heavy atom. The molecule has 0 saturated heterocycles. The molecule has 5 nitrogen and oxygen atoms in total. The van der Waals surface area contributed by atoms with Crippen LogP contribution in [0.2, 0.25) is 5.02 Å². The van der Waals surface area contributed by atoms with Gasteiger partial charge in [-0.3, -0.25) is 9.89 Å². The zero-order chi connectivity index (χ0) is 12.3. The smallest absolute Gasteiger partial charge is 0.258 e. The van der Waals surface area contributed by atoms with Crippen molar-refractivity contribution in [3.63, 3.8) is 0 Å². The van der Waals surface area contributed by atoms with E-state index in [2.05, 4.69) is 15.5 Å². The number of hydrogen-bond acceptors (Lipinski definition) is 3. The number of hydrogen-bond donors (Lipinski definition) is 2. The zero-order valence-corrected chi connectivity index (χ0v) is 9.32. The highest BCUT2D eigenvalue weighted by Gasteiger charge is 2.08. The van der Waals surface area contributed by atoms with Crippen LogP contribution in [0.3, 0.4) is 0 Å². The van der Waals surface area contributed by atoms with Crippen molar-refractivity contribution in [3.05, 3.63) is 46.7 Å². The highest BCUT2D eigenvalue weighted by atomic mass is 35.5. The third-order valence-electron chi connectivity index (χ3n) is 2.11. The number of nitrogens with zero attached hydrogens (tertiary/aromatic N) is 2. The standard InChI is InChI=1S/C11H7ClN4O/c12-10-3-9(2-1-7(10)4-13)16-11(17)8-5-14-15-6-8/h1-3,5-6H,(H,14,15)(H,16,17). The summed E-state index contributed by atoms with van der Waals surface area (Å²) >= 11 is 5.85. The van der Waals surface area contributed by atoms with Crippen LogP contribution in [0.15, 0.2) is 30.6 Å². The fraction of sp³-hybridized carbons (Fsp3) is 0. The van der Waals surface area contributed by atoms with Crippen LogP contribution < -0.4 is 5.32 Å². The second kappa shape index (κ2) is 4.68. The monoisotopic (exact) mass is 246 g/mol. The van der Waals surface area contributed by atoms with Crippen molar-refractivity contribution in [2.75, 3.05) is 5.32 Å². The first-order valence-electron chi connectivity index (χ1n) is 4.70. The third kappa shape index (κ3) is 2.44. The predicted molar refractivity (Wildman–Crippen MR) is 62.7 cm³/mol. The molecule has 0 spiro atoms. The minimum atomic E-state index is -0.292. The van der Waals surface area contributed by atoms with Gasteiger partial charge in [-0.05, 0) is 18.2 Å². The molecule has 0 aliphatic heterocycles. The molecule has 17 heavy (non-hydrogen) atoms. The van der Waals surface area contributed by atoms with E-state index >= 15 is 0 Å². The van der Waals surface area contributed by atoms with Crippen molar-refractivity contribution < 1.29 is 4.79 Å².